The van der Waals surface area contributed by atoms with Gasteiger partial charge in [0.15, 0.2) is 6.61 Å². The van der Waals surface area contributed by atoms with Crippen LogP contribution in [-0.2, 0) is 4.79 Å². The van der Waals surface area contributed by atoms with Crippen LogP contribution in [0.4, 0.5) is 0 Å². The summed E-state index contributed by atoms with van der Waals surface area (Å²) in [6, 6.07) is 40.4. The number of hydrogen-bond donors (Lipinski definition) is 1. The molecule has 5 rings (SSSR count). The van der Waals surface area contributed by atoms with E-state index < -0.39 is 5.97 Å². The maximum Gasteiger partial charge on any atom is 0.341 e. The van der Waals surface area contributed by atoms with Crippen LogP contribution >= 0.6 is 0 Å². The number of aliphatic carboxylic acids is 1. The molecule has 0 radical (unpaired) electrons. The van der Waals surface area contributed by atoms with Gasteiger partial charge in [-0.1, -0.05) is 125 Å². The highest BCUT2D eigenvalue weighted by molar-refractivity contribution is 5.82. The monoisotopic (exact) mass is 610 g/mol. The molecule has 4 nitrogen and oxygen atoms in total. The summed E-state index contributed by atoms with van der Waals surface area (Å²) in [6.07, 6.45) is 2.12. The van der Waals surface area contributed by atoms with Gasteiger partial charge < -0.3 is 14.6 Å². The molecule has 0 atom stereocenters. The molecule has 0 saturated heterocycles. The summed E-state index contributed by atoms with van der Waals surface area (Å²) in [4.78, 5) is 10.9. The minimum Gasteiger partial charge on any atom is -0.489 e. The minimum absolute atomic E-state index is 0.362. The van der Waals surface area contributed by atoms with Gasteiger partial charge in [-0.05, 0) is 98.7 Å². The average molecular weight is 611 g/mol. The van der Waals surface area contributed by atoms with Gasteiger partial charge in [-0.2, -0.15) is 0 Å². The molecular formula is C42H42O4. The van der Waals surface area contributed by atoms with Crippen molar-refractivity contribution in [2.24, 2.45) is 0 Å². The lowest BCUT2D eigenvalue weighted by atomic mass is 9.92. The Labute approximate surface area is 273 Å². The molecule has 0 aromatic heterocycles. The summed E-state index contributed by atoms with van der Waals surface area (Å²) in [5.41, 5.74) is 11.6. The Kier molecular flexibility index (Phi) is 10.4. The van der Waals surface area contributed by atoms with Crippen LogP contribution in [0.1, 0.15) is 67.3 Å². The molecule has 4 heteroatoms. The molecular weight excluding hydrogens is 568 g/mol. The van der Waals surface area contributed by atoms with Gasteiger partial charge in [0, 0.05) is 0 Å². The van der Waals surface area contributed by atoms with E-state index in [1.54, 1.807) is 12.1 Å². The maximum atomic E-state index is 10.9. The normalized spacial score (nSPS) is 11.0. The number of rotatable bonds is 12. The quantitative estimate of drug-likeness (QED) is 0.153. The number of carbonyl (C=O) groups is 1. The summed E-state index contributed by atoms with van der Waals surface area (Å²) in [6.45, 7) is 10.7. The number of carboxylic acid groups (broad SMARTS) is 1. The largest absolute Gasteiger partial charge is 0.489 e. The smallest absolute Gasteiger partial charge is 0.341 e. The van der Waals surface area contributed by atoms with E-state index in [0.717, 1.165) is 22.3 Å². The topological polar surface area (TPSA) is 55.8 Å². The fourth-order valence-electron chi connectivity index (χ4n) is 5.48. The Bertz CT molecular complexity index is 1720. The zero-order chi connectivity index (χ0) is 32.6. The van der Waals surface area contributed by atoms with Crippen LogP contribution in [0.15, 0.2) is 121 Å². The molecule has 5 aromatic rings. The van der Waals surface area contributed by atoms with Crippen LogP contribution in [0, 0.1) is 6.92 Å². The Morgan fingerprint density at radius 3 is 1.63 bits per heavy atom. The second-order valence-corrected chi connectivity index (χ2v) is 12.3. The Hall–Kier alpha value is -5.09. The van der Waals surface area contributed by atoms with Crippen LogP contribution < -0.4 is 9.47 Å². The summed E-state index contributed by atoms with van der Waals surface area (Å²) in [5, 5.41) is 8.93. The predicted octanol–water partition coefficient (Wildman–Crippen LogP) is 10.5. The molecule has 5 aromatic carbocycles. The van der Waals surface area contributed by atoms with Crippen LogP contribution in [0.25, 0.3) is 27.8 Å². The van der Waals surface area contributed by atoms with Gasteiger partial charge in [0.05, 0.1) is 0 Å². The molecule has 0 unspecified atom stereocenters. The van der Waals surface area contributed by atoms with Crippen molar-refractivity contribution in [1.29, 1.82) is 0 Å². The minimum atomic E-state index is -1.01. The third-order valence-corrected chi connectivity index (χ3v) is 8.20. The first kappa shape index (κ1) is 32.3. The van der Waals surface area contributed by atoms with Crippen molar-refractivity contribution < 1.29 is 19.4 Å². The maximum absolute atomic E-state index is 10.9. The first-order valence-electron chi connectivity index (χ1n) is 15.9. The van der Waals surface area contributed by atoms with Crippen molar-refractivity contribution in [3.05, 3.63) is 149 Å². The van der Waals surface area contributed by atoms with Crippen molar-refractivity contribution in [3.8, 4) is 33.8 Å². The Morgan fingerprint density at radius 1 is 0.652 bits per heavy atom. The first-order valence-corrected chi connectivity index (χ1v) is 15.9. The molecule has 0 fully saturated rings. The van der Waals surface area contributed by atoms with Gasteiger partial charge >= 0.3 is 5.97 Å². The third kappa shape index (κ3) is 8.13. The van der Waals surface area contributed by atoms with Crippen molar-refractivity contribution >= 4 is 11.5 Å². The standard InChI is InChI=1S/C42H42O4/c1-28(2)35-8-6-10-37(25-35)31-12-16-33(17-13-31)40(22-23-45-39-20-21-41(30(5)24-39)46-27-42(43)44)34-18-14-32(15-19-34)38-11-7-9-36(26-38)29(3)4/h6-22,24-26,28-29H,23,27H2,1-5H3,(H,43,44). The number of ether oxygens (including phenoxy) is 2. The predicted molar refractivity (Wildman–Crippen MR) is 189 cm³/mol. The van der Waals surface area contributed by atoms with E-state index in [-0.39, 0.29) is 6.61 Å². The lowest BCUT2D eigenvalue weighted by Gasteiger charge is -2.14. The number of carboxylic acids is 1. The van der Waals surface area contributed by atoms with Crippen molar-refractivity contribution in [2.75, 3.05) is 13.2 Å². The van der Waals surface area contributed by atoms with Crippen LogP contribution in [-0.4, -0.2) is 24.3 Å². The molecule has 0 spiro atoms. The molecule has 0 heterocycles. The summed E-state index contributed by atoms with van der Waals surface area (Å²) in [5.74, 6) is 1.16. The molecule has 0 amide bonds. The van der Waals surface area contributed by atoms with Gasteiger partial charge in [0.25, 0.3) is 0 Å². The lowest BCUT2D eigenvalue weighted by molar-refractivity contribution is -0.139. The van der Waals surface area contributed by atoms with E-state index in [1.165, 1.54) is 33.4 Å². The van der Waals surface area contributed by atoms with Gasteiger partial charge in [-0.25, -0.2) is 4.79 Å². The van der Waals surface area contributed by atoms with E-state index >= 15 is 0 Å². The molecule has 0 aliphatic heterocycles. The Morgan fingerprint density at radius 2 is 1.17 bits per heavy atom. The second-order valence-electron chi connectivity index (χ2n) is 12.3. The molecule has 0 aliphatic carbocycles. The molecule has 0 aliphatic rings. The Balaban J connectivity index is 1.43. The van der Waals surface area contributed by atoms with Crippen LogP contribution in [0.2, 0.25) is 0 Å². The van der Waals surface area contributed by atoms with Gasteiger partial charge in [0.2, 0.25) is 0 Å². The van der Waals surface area contributed by atoms with Crippen LogP contribution in [0.3, 0.4) is 0 Å². The highest BCUT2D eigenvalue weighted by atomic mass is 16.5. The van der Waals surface area contributed by atoms with Crippen molar-refractivity contribution in [1.82, 2.24) is 0 Å². The van der Waals surface area contributed by atoms with Gasteiger partial charge in [-0.15, -0.1) is 0 Å². The van der Waals surface area contributed by atoms with Crippen molar-refractivity contribution in [3.63, 3.8) is 0 Å². The number of hydrogen-bond acceptors (Lipinski definition) is 3. The van der Waals surface area contributed by atoms with E-state index in [2.05, 4.69) is 131 Å². The fourth-order valence-corrected chi connectivity index (χ4v) is 5.48. The van der Waals surface area contributed by atoms with E-state index in [4.69, 9.17) is 14.6 Å². The third-order valence-electron chi connectivity index (χ3n) is 8.20. The van der Waals surface area contributed by atoms with Crippen molar-refractivity contribution in [2.45, 2.75) is 46.5 Å². The molecule has 0 bridgehead atoms. The lowest BCUT2D eigenvalue weighted by Crippen LogP contribution is -2.10. The second kappa shape index (κ2) is 14.8. The highest BCUT2D eigenvalue weighted by Crippen LogP contribution is 2.31. The molecule has 1 N–H and O–H groups in total. The van der Waals surface area contributed by atoms with Gasteiger partial charge in [0.1, 0.15) is 18.1 Å². The zero-order valence-electron chi connectivity index (χ0n) is 27.3. The molecule has 0 saturated carbocycles. The number of benzene rings is 5. The van der Waals surface area contributed by atoms with Crippen LogP contribution in [0.5, 0.6) is 11.5 Å². The van der Waals surface area contributed by atoms with E-state index in [1.807, 2.05) is 13.0 Å². The average Bonchev–Trinajstić information content (AvgIpc) is 3.06. The fraction of sp³-hybridized carbons (Fsp3) is 0.214. The first-order chi connectivity index (χ1) is 22.2. The molecule has 46 heavy (non-hydrogen) atoms. The SMILES string of the molecule is Cc1cc(OCC=C(c2ccc(-c3cccc(C(C)C)c3)cc2)c2ccc(-c3cccc(C(C)C)c3)cc2)ccc1OCC(=O)O. The van der Waals surface area contributed by atoms with E-state index in [0.29, 0.717) is 29.9 Å². The summed E-state index contributed by atoms with van der Waals surface area (Å²) in [7, 11) is 0. The summed E-state index contributed by atoms with van der Waals surface area (Å²) >= 11 is 0. The molecule has 234 valence electrons. The number of aryl methyl sites for hydroxylation is 1. The van der Waals surface area contributed by atoms with E-state index in [9.17, 15) is 4.79 Å². The highest BCUT2D eigenvalue weighted by Gasteiger charge is 2.10. The van der Waals surface area contributed by atoms with Gasteiger partial charge in [-0.3, -0.25) is 0 Å². The summed E-state index contributed by atoms with van der Waals surface area (Å²) < 4.78 is 11.5. The zero-order valence-corrected chi connectivity index (χ0v) is 27.3.